The maximum absolute atomic E-state index is 4.71. The summed E-state index contributed by atoms with van der Waals surface area (Å²) in [5.41, 5.74) is 8.16. The third kappa shape index (κ3) is 8.55. The third-order valence-electron chi connectivity index (χ3n) is 7.13. The number of aromatic nitrogens is 2. The first-order valence-electron chi connectivity index (χ1n) is 14.5. The molecule has 0 aliphatic heterocycles. The molecule has 5 aromatic rings. The van der Waals surface area contributed by atoms with E-state index in [-0.39, 0.29) is 20.1 Å². The monoisotopic (exact) mass is 763 g/mol. The van der Waals surface area contributed by atoms with Crippen LogP contribution in [0, 0.1) is 12.1 Å². The average molecular weight is 763 g/mol. The summed E-state index contributed by atoms with van der Waals surface area (Å²) in [5.74, 6) is 0.534. The first-order chi connectivity index (χ1) is 19.4. The summed E-state index contributed by atoms with van der Waals surface area (Å²) in [7, 11) is -2.79. The van der Waals surface area contributed by atoms with Gasteiger partial charge in [0.25, 0.3) is 0 Å². The van der Waals surface area contributed by atoms with Crippen LogP contribution in [0.15, 0.2) is 103 Å². The predicted molar refractivity (Wildman–Crippen MR) is 183 cm³/mol. The van der Waals surface area contributed by atoms with Crippen molar-refractivity contribution < 1.29 is 20.1 Å². The zero-order valence-corrected chi connectivity index (χ0v) is 30.5. The van der Waals surface area contributed by atoms with Crippen molar-refractivity contribution >= 4 is 26.5 Å². The fraction of sp³-hybridized carbons (Fsp3) is 0.243. The molecule has 0 amide bonds. The van der Waals surface area contributed by atoms with E-state index >= 15 is 0 Å². The van der Waals surface area contributed by atoms with Gasteiger partial charge < -0.3 is 9.97 Å². The van der Waals surface area contributed by atoms with E-state index < -0.39 is 16.1 Å². The Morgan fingerprint density at radius 1 is 0.595 bits per heavy atom. The van der Waals surface area contributed by atoms with Crippen LogP contribution in [-0.4, -0.2) is 26.1 Å². The minimum absolute atomic E-state index is 0. The van der Waals surface area contributed by atoms with Crippen molar-refractivity contribution in [3.8, 4) is 33.6 Å². The number of hydrogen-bond donors (Lipinski definition) is 0. The van der Waals surface area contributed by atoms with Crippen LogP contribution in [0.2, 0.25) is 39.3 Å². The van der Waals surface area contributed by atoms with Crippen LogP contribution in [0.1, 0.15) is 25.3 Å². The molecule has 219 valence electrons. The Hall–Kier alpha value is -2.96. The zero-order valence-electron chi connectivity index (χ0n) is 26.1. The smallest absolute Gasteiger partial charge is 0.0803 e. The summed E-state index contributed by atoms with van der Waals surface area (Å²) < 4.78 is 0. The second kappa shape index (κ2) is 14.5. The van der Waals surface area contributed by atoms with Crippen LogP contribution in [0.25, 0.3) is 33.6 Å². The third-order valence-corrected chi connectivity index (χ3v) is 11.2. The summed E-state index contributed by atoms with van der Waals surface area (Å²) >= 11 is 0. The maximum atomic E-state index is 4.71. The van der Waals surface area contributed by atoms with Gasteiger partial charge in [0.05, 0.1) is 16.1 Å². The van der Waals surface area contributed by atoms with Gasteiger partial charge in [0.15, 0.2) is 0 Å². The van der Waals surface area contributed by atoms with Crippen LogP contribution in [0.3, 0.4) is 0 Å². The molecule has 1 radical (unpaired) electrons. The van der Waals surface area contributed by atoms with Gasteiger partial charge in [0, 0.05) is 32.5 Å². The fourth-order valence-corrected chi connectivity index (χ4v) is 8.04. The van der Waals surface area contributed by atoms with Gasteiger partial charge in [-0.25, -0.2) is 0 Å². The van der Waals surface area contributed by atoms with E-state index in [9.17, 15) is 0 Å². The largest absolute Gasteiger partial charge is 0.305 e. The van der Waals surface area contributed by atoms with Crippen molar-refractivity contribution in [1.82, 2.24) is 9.97 Å². The van der Waals surface area contributed by atoms with Crippen LogP contribution in [-0.2, 0) is 20.1 Å². The molecule has 0 spiro atoms. The molecule has 0 fully saturated rings. The Balaban J connectivity index is 0.000000228. The Kier molecular flexibility index (Phi) is 11.6. The topological polar surface area (TPSA) is 25.8 Å². The molecule has 5 heteroatoms. The van der Waals surface area contributed by atoms with Gasteiger partial charge >= 0.3 is 0 Å². The summed E-state index contributed by atoms with van der Waals surface area (Å²) in [5, 5.41) is 2.88. The molecule has 0 bridgehead atoms. The number of pyridine rings is 2. The average Bonchev–Trinajstić information content (AvgIpc) is 2.97. The SMILES string of the molecule is CC(C)c1cc(-c2[c-]cccc2)ncc1[Si](C)(C)C.C[Si](C)(C)c1cnc(-c2[c-]cccc2)cc1-c1ccccc1.[Ir]. The Bertz CT molecular complexity index is 1560. The fourth-order valence-electron chi connectivity index (χ4n) is 4.88. The molecule has 0 atom stereocenters. The van der Waals surface area contributed by atoms with Gasteiger partial charge in [-0.2, -0.15) is 0 Å². The summed E-state index contributed by atoms with van der Waals surface area (Å²) in [6.07, 6.45) is 4.17. The second-order valence-corrected chi connectivity index (χ2v) is 22.9. The van der Waals surface area contributed by atoms with Crippen molar-refractivity contribution in [1.29, 1.82) is 0 Å². The Morgan fingerprint density at radius 3 is 1.52 bits per heavy atom. The van der Waals surface area contributed by atoms with Gasteiger partial charge in [0.2, 0.25) is 0 Å². The van der Waals surface area contributed by atoms with Crippen molar-refractivity contribution in [3.05, 3.63) is 121 Å². The normalized spacial score (nSPS) is 11.4. The summed E-state index contributed by atoms with van der Waals surface area (Å²) in [6, 6.07) is 37.7. The van der Waals surface area contributed by atoms with Gasteiger partial charge in [-0.05, 0) is 38.8 Å². The first kappa shape index (κ1) is 33.5. The molecular weight excluding hydrogens is 721 g/mol. The van der Waals surface area contributed by atoms with Crippen molar-refractivity contribution in [2.24, 2.45) is 0 Å². The molecular formula is C37H42IrN2Si2-2. The summed E-state index contributed by atoms with van der Waals surface area (Å²) in [4.78, 5) is 9.37. The molecule has 2 aromatic heterocycles. The Labute approximate surface area is 269 Å². The Morgan fingerprint density at radius 2 is 1.07 bits per heavy atom. The van der Waals surface area contributed by atoms with Gasteiger partial charge in [-0.3, -0.25) is 0 Å². The quantitative estimate of drug-likeness (QED) is 0.128. The predicted octanol–water partition coefficient (Wildman–Crippen LogP) is 8.98. The van der Waals surface area contributed by atoms with Crippen LogP contribution in [0.4, 0.5) is 0 Å². The van der Waals surface area contributed by atoms with E-state index in [1.54, 1.807) is 0 Å². The second-order valence-electron chi connectivity index (χ2n) is 12.8. The van der Waals surface area contributed by atoms with E-state index in [0.717, 1.165) is 22.5 Å². The van der Waals surface area contributed by atoms with Crippen molar-refractivity contribution in [2.75, 3.05) is 0 Å². The number of benzene rings is 3. The first-order valence-corrected chi connectivity index (χ1v) is 21.5. The molecule has 2 nitrogen and oxygen atoms in total. The molecule has 0 saturated heterocycles. The molecule has 42 heavy (non-hydrogen) atoms. The van der Waals surface area contributed by atoms with Crippen molar-refractivity contribution in [2.45, 2.75) is 59.0 Å². The summed E-state index contributed by atoms with van der Waals surface area (Å²) in [6.45, 7) is 18.8. The van der Waals surface area contributed by atoms with Crippen LogP contribution in [0.5, 0.6) is 0 Å². The van der Waals surface area contributed by atoms with E-state index in [2.05, 4.69) is 137 Å². The number of hydrogen-bond acceptors (Lipinski definition) is 2. The zero-order chi connectivity index (χ0) is 29.6. The van der Waals surface area contributed by atoms with E-state index in [1.807, 2.05) is 36.4 Å². The van der Waals surface area contributed by atoms with E-state index in [4.69, 9.17) is 4.98 Å². The van der Waals surface area contributed by atoms with Gasteiger partial charge in [-0.15, -0.1) is 71.8 Å². The standard InChI is InChI=1S/C20H20NSi.C17H22NSi.Ir/c1-22(2,3)20-15-21-19(17-12-8-5-9-13-17)14-18(20)16-10-6-4-7-11-16;1-13(2)15-11-16(14-9-7-6-8-10-14)18-12-17(15)19(3,4)5;/h4-12,14-15H,1-3H3;6-9,11-13H,1-5H3;/q2*-1;. The minimum atomic E-state index is -1.46. The number of nitrogens with zero attached hydrogens (tertiary/aromatic N) is 2. The van der Waals surface area contributed by atoms with Gasteiger partial charge in [0.1, 0.15) is 0 Å². The van der Waals surface area contributed by atoms with E-state index in [1.165, 1.54) is 27.1 Å². The molecule has 0 aliphatic rings. The van der Waals surface area contributed by atoms with Crippen LogP contribution >= 0.6 is 0 Å². The number of rotatable bonds is 6. The molecule has 5 rings (SSSR count). The van der Waals surface area contributed by atoms with Crippen LogP contribution < -0.4 is 10.4 Å². The minimum Gasteiger partial charge on any atom is -0.305 e. The van der Waals surface area contributed by atoms with Gasteiger partial charge in [-0.1, -0.05) is 101 Å². The molecule has 0 unspecified atom stereocenters. The van der Waals surface area contributed by atoms with Crippen molar-refractivity contribution in [3.63, 3.8) is 0 Å². The molecule has 0 saturated carbocycles. The maximum Gasteiger partial charge on any atom is 0.0803 e. The molecule has 0 aliphatic carbocycles. The molecule has 0 N–H and O–H groups in total. The molecule has 2 heterocycles. The van der Waals surface area contributed by atoms with E-state index in [0.29, 0.717) is 5.92 Å². The molecule has 3 aromatic carbocycles.